The highest BCUT2D eigenvalue weighted by atomic mass is 32.1. The van der Waals surface area contributed by atoms with Crippen molar-refractivity contribution >= 4 is 22.9 Å². The highest BCUT2D eigenvalue weighted by Gasteiger charge is 2.23. The van der Waals surface area contributed by atoms with Gasteiger partial charge in [-0.2, -0.15) is 0 Å². The predicted octanol–water partition coefficient (Wildman–Crippen LogP) is 4.07. The van der Waals surface area contributed by atoms with Crippen molar-refractivity contribution in [2.45, 2.75) is 6.42 Å². The Kier molecular flexibility index (Phi) is 5.46. The van der Waals surface area contributed by atoms with Crippen LogP contribution in [0.4, 0.5) is 10.1 Å². The van der Waals surface area contributed by atoms with E-state index in [2.05, 4.69) is 9.88 Å². The van der Waals surface area contributed by atoms with Crippen LogP contribution in [-0.4, -0.2) is 55.2 Å². The SMILES string of the molecule is O=C(c1csc(-c2ccc3c(c2)OCCO3)n1)N1CCCN(c2ccc(F)cc2)CC1. The Morgan fingerprint density at radius 2 is 1.77 bits per heavy atom. The smallest absolute Gasteiger partial charge is 0.273 e. The first kappa shape index (κ1) is 19.8. The zero-order valence-electron chi connectivity index (χ0n) is 16.9. The quantitative estimate of drug-likeness (QED) is 0.616. The van der Waals surface area contributed by atoms with Crippen molar-refractivity contribution in [2.24, 2.45) is 0 Å². The molecule has 0 spiro atoms. The van der Waals surface area contributed by atoms with Crippen molar-refractivity contribution < 1.29 is 18.7 Å². The van der Waals surface area contributed by atoms with Gasteiger partial charge in [-0.15, -0.1) is 11.3 Å². The number of aromatic nitrogens is 1. The van der Waals surface area contributed by atoms with Gasteiger partial charge in [-0.25, -0.2) is 9.37 Å². The van der Waals surface area contributed by atoms with E-state index in [0.29, 0.717) is 44.3 Å². The van der Waals surface area contributed by atoms with Crippen molar-refractivity contribution in [1.82, 2.24) is 9.88 Å². The molecule has 160 valence electrons. The molecule has 0 radical (unpaired) electrons. The lowest BCUT2D eigenvalue weighted by Gasteiger charge is -2.23. The molecule has 31 heavy (non-hydrogen) atoms. The highest BCUT2D eigenvalue weighted by Crippen LogP contribution is 2.35. The lowest BCUT2D eigenvalue weighted by atomic mass is 10.2. The van der Waals surface area contributed by atoms with Crippen LogP contribution in [0.1, 0.15) is 16.9 Å². The average molecular weight is 440 g/mol. The van der Waals surface area contributed by atoms with Crippen LogP contribution in [0.5, 0.6) is 11.5 Å². The Hall–Kier alpha value is -3.13. The average Bonchev–Trinajstić information content (AvgIpc) is 3.17. The van der Waals surface area contributed by atoms with Gasteiger partial charge in [0.2, 0.25) is 0 Å². The molecule has 3 aromatic rings. The molecular formula is C23H22FN3O3S. The van der Waals surface area contributed by atoms with E-state index in [0.717, 1.165) is 35.0 Å². The normalized spacial score (nSPS) is 16.2. The molecular weight excluding hydrogens is 417 g/mol. The van der Waals surface area contributed by atoms with E-state index < -0.39 is 0 Å². The van der Waals surface area contributed by atoms with E-state index in [1.54, 1.807) is 12.1 Å². The monoisotopic (exact) mass is 439 g/mol. The molecule has 8 heteroatoms. The predicted molar refractivity (Wildman–Crippen MR) is 118 cm³/mol. The van der Waals surface area contributed by atoms with Crippen LogP contribution < -0.4 is 14.4 Å². The Bertz CT molecular complexity index is 1090. The fourth-order valence-electron chi connectivity index (χ4n) is 3.87. The molecule has 1 aromatic heterocycles. The first-order chi connectivity index (χ1) is 15.2. The number of anilines is 1. The zero-order chi connectivity index (χ0) is 21.2. The lowest BCUT2D eigenvalue weighted by Crippen LogP contribution is -2.35. The van der Waals surface area contributed by atoms with Gasteiger partial charge in [-0.1, -0.05) is 0 Å². The zero-order valence-corrected chi connectivity index (χ0v) is 17.7. The Morgan fingerprint density at radius 1 is 0.968 bits per heavy atom. The summed E-state index contributed by atoms with van der Waals surface area (Å²) in [5, 5.41) is 2.60. The number of carbonyl (C=O) groups is 1. The van der Waals surface area contributed by atoms with Gasteiger partial charge in [0, 0.05) is 42.8 Å². The lowest BCUT2D eigenvalue weighted by molar-refractivity contribution is 0.0762. The number of amides is 1. The van der Waals surface area contributed by atoms with E-state index >= 15 is 0 Å². The number of thiazole rings is 1. The number of benzene rings is 2. The van der Waals surface area contributed by atoms with Crippen LogP contribution in [0.3, 0.4) is 0 Å². The topological polar surface area (TPSA) is 54.9 Å². The number of halogens is 1. The van der Waals surface area contributed by atoms with Gasteiger partial charge < -0.3 is 19.3 Å². The second-order valence-corrected chi connectivity index (χ2v) is 8.36. The molecule has 1 amide bonds. The van der Waals surface area contributed by atoms with Crippen molar-refractivity contribution in [2.75, 3.05) is 44.3 Å². The minimum atomic E-state index is -0.243. The molecule has 3 heterocycles. The molecule has 0 N–H and O–H groups in total. The van der Waals surface area contributed by atoms with Crippen molar-refractivity contribution in [3.63, 3.8) is 0 Å². The van der Waals surface area contributed by atoms with Crippen LogP contribution >= 0.6 is 11.3 Å². The molecule has 2 aliphatic rings. The minimum absolute atomic E-state index is 0.0546. The van der Waals surface area contributed by atoms with Gasteiger partial charge in [0.1, 0.15) is 29.7 Å². The Balaban J connectivity index is 1.27. The second-order valence-electron chi connectivity index (χ2n) is 7.51. The van der Waals surface area contributed by atoms with Crippen LogP contribution in [0.15, 0.2) is 47.8 Å². The Morgan fingerprint density at radius 3 is 2.61 bits per heavy atom. The van der Waals surface area contributed by atoms with Crippen LogP contribution in [0.2, 0.25) is 0 Å². The standard InChI is InChI=1S/C23H22FN3O3S/c24-17-3-5-18(6-4-17)26-8-1-9-27(11-10-26)23(28)19-15-31-22(25-19)16-2-7-20-21(14-16)30-13-12-29-20/h2-7,14-15H,1,8-13H2. The number of hydrogen-bond donors (Lipinski definition) is 0. The van der Waals surface area contributed by atoms with E-state index in [4.69, 9.17) is 9.47 Å². The maximum absolute atomic E-state index is 13.2. The summed E-state index contributed by atoms with van der Waals surface area (Å²) in [5.74, 6) is 1.15. The van der Waals surface area contributed by atoms with E-state index in [1.165, 1.54) is 23.5 Å². The first-order valence-electron chi connectivity index (χ1n) is 10.3. The van der Waals surface area contributed by atoms with Crippen molar-refractivity contribution in [1.29, 1.82) is 0 Å². The minimum Gasteiger partial charge on any atom is -0.486 e. The number of nitrogens with zero attached hydrogens (tertiary/aromatic N) is 3. The van der Waals surface area contributed by atoms with Crippen LogP contribution in [0.25, 0.3) is 10.6 Å². The summed E-state index contributed by atoms with van der Waals surface area (Å²) in [6.07, 6.45) is 0.849. The summed E-state index contributed by atoms with van der Waals surface area (Å²) in [6.45, 7) is 3.89. The molecule has 0 aliphatic carbocycles. The second kappa shape index (κ2) is 8.55. The Labute approximate surface area is 183 Å². The van der Waals surface area contributed by atoms with Crippen molar-refractivity contribution in [3.8, 4) is 22.1 Å². The largest absolute Gasteiger partial charge is 0.486 e. The first-order valence-corrected chi connectivity index (χ1v) is 11.2. The fourth-order valence-corrected chi connectivity index (χ4v) is 4.66. The number of carbonyl (C=O) groups excluding carboxylic acids is 1. The summed E-state index contributed by atoms with van der Waals surface area (Å²) in [5.41, 5.74) is 2.35. The number of rotatable bonds is 3. The van der Waals surface area contributed by atoms with E-state index in [1.807, 2.05) is 28.5 Å². The maximum Gasteiger partial charge on any atom is 0.273 e. The summed E-state index contributed by atoms with van der Waals surface area (Å²) in [7, 11) is 0. The van der Waals surface area contributed by atoms with Crippen LogP contribution in [-0.2, 0) is 0 Å². The molecule has 1 saturated heterocycles. The van der Waals surface area contributed by atoms with Gasteiger partial charge in [0.25, 0.3) is 5.91 Å². The molecule has 0 unspecified atom stereocenters. The molecule has 1 fully saturated rings. The molecule has 6 nitrogen and oxygen atoms in total. The molecule has 2 aliphatic heterocycles. The number of ether oxygens (including phenoxy) is 2. The van der Waals surface area contributed by atoms with Crippen LogP contribution in [0, 0.1) is 5.82 Å². The molecule has 5 rings (SSSR count). The third-order valence-corrected chi connectivity index (χ3v) is 6.38. The molecule has 0 atom stereocenters. The summed E-state index contributed by atoms with van der Waals surface area (Å²) in [6, 6.07) is 12.2. The third-order valence-electron chi connectivity index (χ3n) is 5.49. The van der Waals surface area contributed by atoms with Gasteiger partial charge in [-0.3, -0.25) is 4.79 Å². The molecule has 2 aromatic carbocycles. The maximum atomic E-state index is 13.2. The summed E-state index contributed by atoms with van der Waals surface area (Å²) >= 11 is 1.45. The van der Waals surface area contributed by atoms with Gasteiger partial charge >= 0.3 is 0 Å². The van der Waals surface area contributed by atoms with E-state index in [9.17, 15) is 9.18 Å². The van der Waals surface area contributed by atoms with Gasteiger partial charge in [0.15, 0.2) is 11.5 Å². The summed E-state index contributed by atoms with van der Waals surface area (Å²) < 4.78 is 24.4. The molecule has 0 bridgehead atoms. The molecule has 0 saturated carbocycles. The van der Waals surface area contributed by atoms with Crippen molar-refractivity contribution in [3.05, 3.63) is 59.4 Å². The van der Waals surface area contributed by atoms with Gasteiger partial charge in [0.05, 0.1) is 0 Å². The van der Waals surface area contributed by atoms with Gasteiger partial charge in [-0.05, 0) is 48.9 Å². The third kappa shape index (κ3) is 4.20. The number of fused-ring (bicyclic) bond motifs is 1. The summed E-state index contributed by atoms with van der Waals surface area (Å²) in [4.78, 5) is 21.7. The number of hydrogen-bond acceptors (Lipinski definition) is 6. The van der Waals surface area contributed by atoms with E-state index in [-0.39, 0.29) is 11.7 Å². The fraction of sp³-hybridized carbons (Fsp3) is 0.304. The highest BCUT2D eigenvalue weighted by molar-refractivity contribution is 7.13.